The van der Waals surface area contributed by atoms with Crippen LogP contribution in [0, 0.1) is 6.92 Å². The number of ether oxygens (including phenoxy) is 1. The predicted molar refractivity (Wildman–Crippen MR) is 108 cm³/mol. The van der Waals surface area contributed by atoms with Crippen molar-refractivity contribution in [2.75, 3.05) is 44.7 Å². The predicted octanol–water partition coefficient (Wildman–Crippen LogP) is 1.39. The van der Waals surface area contributed by atoms with E-state index >= 15 is 0 Å². The monoisotopic (exact) mass is 416 g/mol. The normalized spacial score (nSPS) is 21.4. The van der Waals surface area contributed by atoms with Gasteiger partial charge in [0, 0.05) is 31.6 Å². The fraction of sp³-hybridized carbons (Fsp3) is 0.600. The molecule has 4 rings (SSSR count). The topological polar surface area (TPSA) is 117 Å². The van der Waals surface area contributed by atoms with Crippen molar-refractivity contribution in [3.05, 3.63) is 29.2 Å². The third-order valence-corrected chi connectivity index (χ3v) is 5.86. The van der Waals surface area contributed by atoms with E-state index in [0.717, 1.165) is 25.1 Å². The highest BCUT2D eigenvalue weighted by Gasteiger charge is 2.32. The lowest BCUT2D eigenvalue weighted by Crippen LogP contribution is -2.47. The van der Waals surface area contributed by atoms with Crippen LogP contribution < -0.4 is 5.32 Å². The van der Waals surface area contributed by atoms with E-state index in [-0.39, 0.29) is 23.8 Å². The molecule has 0 bridgehead atoms. The molecule has 2 aromatic heterocycles. The lowest BCUT2D eigenvalue weighted by molar-refractivity contribution is -0.121. The summed E-state index contributed by atoms with van der Waals surface area (Å²) in [6.45, 7) is 7.50. The Hall–Kier alpha value is -2.72. The number of hydrogen-bond donors (Lipinski definition) is 2. The zero-order chi connectivity index (χ0) is 21.1. The second kappa shape index (κ2) is 8.97. The summed E-state index contributed by atoms with van der Waals surface area (Å²) in [7, 11) is 0. The summed E-state index contributed by atoms with van der Waals surface area (Å²) >= 11 is 0. The molecule has 2 aliphatic rings. The molecule has 0 unspecified atom stereocenters. The third kappa shape index (κ3) is 4.39. The Bertz CT molecular complexity index is 887. The fourth-order valence-electron chi connectivity index (χ4n) is 4.12. The van der Waals surface area contributed by atoms with Gasteiger partial charge in [-0.3, -0.25) is 24.9 Å². The first kappa shape index (κ1) is 20.5. The Morgan fingerprint density at radius 3 is 2.83 bits per heavy atom. The molecule has 162 valence electrons. The van der Waals surface area contributed by atoms with E-state index in [2.05, 4.69) is 25.6 Å². The number of nitrogens with zero attached hydrogens (tertiary/aromatic N) is 4. The first-order chi connectivity index (χ1) is 14.5. The molecule has 2 amide bonds. The zero-order valence-electron chi connectivity index (χ0n) is 17.4. The molecule has 2 aliphatic heterocycles. The van der Waals surface area contributed by atoms with Crippen LogP contribution in [0.25, 0.3) is 0 Å². The van der Waals surface area contributed by atoms with Gasteiger partial charge in [-0.1, -0.05) is 5.16 Å². The van der Waals surface area contributed by atoms with Crippen LogP contribution in [0.5, 0.6) is 0 Å². The SMILES string of the molecule is Cc1cc(NC(=O)[C@H](C)N2CCC[C@@H](c3[nH]ncc3C(=O)N3CCOCC3)C2)on1. The number of nitrogens with one attached hydrogen (secondary N) is 2. The number of morpholine rings is 1. The van der Waals surface area contributed by atoms with Crippen molar-refractivity contribution in [3.63, 3.8) is 0 Å². The minimum atomic E-state index is -0.334. The number of aromatic nitrogens is 3. The van der Waals surface area contributed by atoms with Gasteiger partial charge in [0.25, 0.3) is 5.91 Å². The van der Waals surface area contributed by atoms with Gasteiger partial charge in [0.1, 0.15) is 0 Å². The highest BCUT2D eigenvalue weighted by molar-refractivity contribution is 5.95. The number of carbonyl (C=O) groups excluding carboxylic acids is 2. The Morgan fingerprint density at radius 1 is 1.30 bits per heavy atom. The lowest BCUT2D eigenvalue weighted by atomic mass is 9.91. The highest BCUT2D eigenvalue weighted by atomic mass is 16.5. The summed E-state index contributed by atoms with van der Waals surface area (Å²) in [5.74, 6) is 0.320. The molecule has 4 heterocycles. The van der Waals surface area contributed by atoms with Gasteiger partial charge >= 0.3 is 0 Å². The largest absolute Gasteiger partial charge is 0.378 e. The lowest BCUT2D eigenvalue weighted by Gasteiger charge is -2.36. The molecule has 0 radical (unpaired) electrons. The van der Waals surface area contributed by atoms with E-state index in [4.69, 9.17) is 9.26 Å². The van der Waals surface area contributed by atoms with Crippen molar-refractivity contribution in [1.29, 1.82) is 0 Å². The second-order valence-electron chi connectivity index (χ2n) is 7.93. The quantitative estimate of drug-likeness (QED) is 0.756. The van der Waals surface area contributed by atoms with E-state index in [1.165, 1.54) is 0 Å². The van der Waals surface area contributed by atoms with Crippen molar-refractivity contribution >= 4 is 17.7 Å². The number of aryl methyl sites for hydroxylation is 1. The molecule has 0 spiro atoms. The van der Waals surface area contributed by atoms with Gasteiger partial charge in [0.05, 0.1) is 42.4 Å². The molecule has 2 atom stereocenters. The summed E-state index contributed by atoms with van der Waals surface area (Å²) in [6.07, 6.45) is 3.50. The number of likely N-dealkylation sites (tertiary alicyclic amines) is 1. The molecule has 0 saturated carbocycles. The molecule has 10 heteroatoms. The van der Waals surface area contributed by atoms with Gasteiger partial charge in [0.15, 0.2) is 0 Å². The Kier molecular flexibility index (Phi) is 6.14. The maximum atomic E-state index is 13.0. The van der Waals surface area contributed by atoms with Crippen molar-refractivity contribution in [3.8, 4) is 0 Å². The van der Waals surface area contributed by atoms with Gasteiger partial charge < -0.3 is 14.2 Å². The van der Waals surface area contributed by atoms with E-state index in [1.807, 2.05) is 11.8 Å². The molecule has 2 N–H and O–H groups in total. The first-order valence-electron chi connectivity index (χ1n) is 10.4. The minimum absolute atomic E-state index is 0.00865. The second-order valence-corrected chi connectivity index (χ2v) is 7.93. The molecule has 2 fully saturated rings. The summed E-state index contributed by atoms with van der Waals surface area (Å²) in [4.78, 5) is 29.6. The minimum Gasteiger partial charge on any atom is -0.378 e. The standard InChI is InChI=1S/C20H28N6O4/c1-13-10-17(30-24-13)22-19(27)14(2)26-5-3-4-15(12-26)18-16(11-21-23-18)20(28)25-6-8-29-9-7-25/h10-11,14-15H,3-9,12H2,1-2H3,(H,21,23)(H,22,27)/t14-,15+/m0/s1. The number of piperidine rings is 1. The van der Waals surface area contributed by atoms with E-state index in [9.17, 15) is 9.59 Å². The molecule has 10 nitrogen and oxygen atoms in total. The number of rotatable bonds is 5. The summed E-state index contributed by atoms with van der Waals surface area (Å²) < 4.78 is 10.4. The summed E-state index contributed by atoms with van der Waals surface area (Å²) in [5.41, 5.74) is 2.19. The van der Waals surface area contributed by atoms with Crippen molar-refractivity contribution in [1.82, 2.24) is 25.2 Å². The van der Waals surface area contributed by atoms with Gasteiger partial charge in [-0.15, -0.1) is 0 Å². The van der Waals surface area contributed by atoms with E-state index in [1.54, 1.807) is 19.2 Å². The first-order valence-corrected chi connectivity index (χ1v) is 10.4. The van der Waals surface area contributed by atoms with Gasteiger partial charge in [-0.2, -0.15) is 5.10 Å². The average molecular weight is 416 g/mol. The average Bonchev–Trinajstić information content (AvgIpc) is 3.42. The summed E-state index contributed by atoms with van der Waals surface area (Å²) in [5, 5.41) is 13.8. The number of anilines is 1. The molecule has 0 aliphatic carbocycles. The molecule has 30 heavy (non-hydrogen) atoms. The number of hydrogen-bond acceptors (Lipinski definition) is 7. The van der Waals surface area contributed by atoms with Crippen LogP contribution in [0.4, 0.5) is 5.88 Å². The highest BCUT2D eigenvalue weighted by Crippen LogP contribution is 2.29. The summed E-state index contributed by atoms with van der Waals surface area (Å²) in [6, 6.07) is 1.36. The number of amides is 2. The number of carbonyl (C=O) groups is 2. The van der Waals surface area contributed by atoms with Crippen molar-refractivity contribution in [2.45, 2.75) is 38.6 Å². The molecular formula is C20H28N6O4. The smallest absolute Gasteiger partial charge is 0.257 e. The van der Waals surface area contributed by atoms with Gasteiger partial charge in [-0.25, -0.2) is 0 Å². The maximum absolute atomic E-state index is 13.0. The van der Waals surface area contributed by atoms with E-state index in [0.29, 0.717) is 50.0 Å². The van der Waals surface area contributed by atoms with E-state index < -0.39 is 0 Å². The maximum Gasteiger partial charge on any atom is 0.257 e. The fourth-order valence-corrected chi connectivity index (χ4v) is 4.12. The zero-order valence-corrected chi connectivity index (χ0v) is 17.4. The van der Waals surface area contributed by atoms with Crippen LogP contribution in [-0.4, -0.2) is 82.4 Å². The molecule has 2 aromatic rings. The van der Waals surface area contributed by atoms with Crippen LogP contribution in [0.2, 0.25) is 0 Å². The molecule has 2 saturated heterocycles. The van der Waals surface area contributed by atoms with Crippen LogP contribution in [-0.2, 0) is 9.53 Å². The number of H-pyrrole nitrogens is 1. The molecular weight excluding hydrogens is 388 g/mol. The van der Waals surface area contributed by atoms with Crippen molar-refractivity contribution in [2.24, 2.45) is 0 Å². The van der Waals surface area contributed by atoms with Crippen LogP contribution in [0.3, 0.4) is 0 Å². The molecule has 0 aromatic carbocycles. The number of aromatic amines is 1. The van der Waals surface area contributed by atoms with Crippen LogP contribution in [0.15, 0.2) is 16.8 Å². The van der Waals surface area contributed by atoms with Crippen LogP contribution >= 0.6 is 0 Å². The Balaban J connectivity index is 1.42. The van der Waals surface area contributed by atoms with Crippen LogP contribution in [0.1, 0.15) is 47.4 Å². The Morgan fingerprint density at radius 2 is 2.10 bits per heavy atom. The Labute approximate surface area is 174 Å². The third-order valence-electron chi connectivity index (χ3n) is 5.86. The van der Waals surface area contributed by atoms with Gasteiger partial charge in [0.2, 0.25) is 11.8 Å². The van der Waals surface area contributed by atoms with Gasteiger partial charge in [-0.05, 0) is 33.2 Å². The van der Waals surface area contributed by atoms with Crippen molar-refractivity contribution < 1.29 is 18.8 Å².